The van der Waals surface area contributed by atoms with Crippen molar-refractivity contribution in [1.29, 1.82) is 0 Å². The quantitative estimate of drug-likeness (QED) is 0.706. The lowest BCUT2D eigenvalue weighted by molar-refractivity contribution is 0.0398. The molecule has 2 heterocycles. The van der Waals surface area contributed by atoms with Gasteiger partial charge in [0.25, 0.3) is 0 Å². The second-order valence-electron chi connectivity index (χ2n) is 5.74. The van der Waals surface area contributed by atoms with E-state index in [2.05, 4.69) is 35.5 Å². The highest BCUT2D eigenvalue weighted by Crippen LogP contribution is 2.15. The fourth-order valence-corrected chi connectivity index (χ4v) is 2.54. The predicted octanol–water partition coefficient (Wildman–Crippen LogP) is 1.15. The van der Waals surface area contributed by atoms with Crippen LogP contribution in [0, 0.1) is 0 Å². The van der Waals surface area contributed by atoms with E-state index in [1.807, 2.05) is 0 Å². The molecule has 2 N–H and O–H groups in total. The van der Waals surface area contributed by atoms with Crippen LogP contribution in [0.2, 0.25) is 0 Å². The Morgan fingerprint density at radius 1 is 1.27 bits per heavy atom. The fourth-order valence-electron chi connectivity index (χ4n) is 2.54. The Hall–Kier alpha value is -2.78. The first-order chi connectivity index (χ1) is 12.7. The van der Waals surface area contributed by atoms with Gasteiger partial charge in [-0.05, 0) is 24.3 Å². The van der Waals surface area contributed by atoms with E-state index in [0.29, 0.717) is 17.3 Å². The van der Waals surface area contributed by atoms with Crippen molar-refractivity contribution in [3.63, 3.8) is 0 Å². The molecule has 1 saturated heterocycles. The highest BCUT2D eigenvalue weighted by atomic mass is 16.5. The van der Waals surface area contributed by atoms with Gasteiger partial charge in [0.15, 0.2) is 5.82 Å². The van der Waals surface area contributed by atoms with Crippen molar-refractivity contribution in [1.82, 2.24) is 20.1 Å². The third-order valence-corrected chi connectivity index (χ3v) is 3.95. The molecule has 0 radical (unpaired) electrons. The number of nitrogens with one attached hydrogen (secondary N) is 2. The molecule has 1 fully saturated rings. The second-order valence-corrected chi connectivity index (χ2v) is 5.74. The molecule has 0 amide bonds. The molecule has 0 bridgehead atoms. The molecule has 1 aliphatic rings. The summed E-state index contributed by atoms with van der Waals surface area (Å²) < 4.78 is 10.0. The number of methoxy groups -OCH3 is 1. The minimum absolute atomic E-state index is 0.369. The van der Waals surface area contributed by atoms with Crippen LogP contribution in [0.5, 0.6) is 0 Å². The molecule has 1 aromatic carbocycles. The van der Waals surface area contributed by atoms with Gasteiger partial charge in [0, 0.05) is 31.9 Å². The van der Waals surface area contributed by atoms with E-state index in [0.717, 1.165) is 45.1 Å². The zero-order chi connectivity index (χ0) is 18.2. The molecular formula is C17H22N6O3. The van der Waals surface area contributed by atoms with Crippen LogP contribution in [0.15, 0.2) is 30.5 Å². The van der Waals surface area contributed by atoms with Crippen molar-refractivity contribution in [2.45, 2.75) is 0 Å². The van der Waals surface area contributed by atoms with Gasteiger partial charge in [0.2, 0.25) is 5.95 Å². The number of benzene rings is 1. The SMILES string of the molecule is COC(=O)c1ccc(Nc2cnnc(NCCN3CCOCC3)n2)cc1. The number of anilines is 3. The normalized spacial score (nSPS) is 14.7. The maximum absolute atomic E-state index is 11.5. The average molecular weight is 358 g/mol. The highest BCUT2D eigenvalue weighted by Gasteiger charge is 2.10. The Bertz CT molecular complexity index is 719. The zero-order valence-electron chi connectivity index (χ0n) is 14.6. The third-order valence-electron chi connectivity index (χ3n) is 3.95. The molecule has 0 spiro atoms. The van der Waals surface area contributed by atoms with Crippen LogP contribution in [-0.4, -0.2) is 72.6 Å². The maximum Gasteiger partial charge on any atom is 0.337 e. The number of carbonyl (C=O) groups excluding carboxylic acids is 1. The Morgan fingerprint density at radius 3 is 2.77 bits per heavy atom. The molecule has 3 rings (SSSR count). The van der Waals surface area contributed by atoms with E-state index in [1.54, 1.807) is 30.5 Å². The molecule has 1 aromatic heterocycles. The molecule has 0 atom stereocenters. The van der Waals surface area contributed by atoms with Gasteiger partial charge >= 0.3 is 5.97 Å². The lowest BCUT2D eigenvalue weighted by atomic mass is 10.2. The zero-order valence-corrected chi connectivity index (χ0v) is 14.6. The number of esters is 1. The Labute approximate surface area is 151 Å². The van der Waals surface area contributed by atoms with Gasteiger partial charge < -0.3 is 20.1 Å². The Kier molecular flexibility index (Phi) is 6.29. The molecule has 2 aromatic rings. The van der Waals surface area contributed by atoms with Crippen molar-refractivity contribution in [2.75, 3.05) is 57.1 Å². The van der Waals surface area contributed by atoms with Gasteiger partial charge in [0.05, 0.1) is 32.1 Å². The van der Waals surface area contributed by atoms with Crippen LogP contribution in [0.25, 0.3) is 0 Å². The van der Waals surface area contributed by atoms with Crippen LogP contribution in [0.4, 0.5) is 17.5 Å². The second kappa shape index (κ2) is 9.07. The first-order valence-electron chi connectivity index (χ1n) is 8.44. The van der Waals surface area contributed by atoms with Gasteiger partial charge in [0.1, 0.15) is 0 Å². The molecule has 0 unspecified atom stereocenters. The van der Waals surface area contributed by atoms with Gasteiger partial charge in [-0.25, -0.2) is 4.79 Å². The molecule has 0 saturated carbocycles. The van der Waals surface area contributed by atoms with Crippen molar-refractivity contribution in [3.05, 3.63) is 36.0 Å². The minimum Gasteiger partial charge on any atom is -0.465 e. The summed E-state index contributed by atoms with van der Waals surface area (Å²) in [6, 6.07) is 6.92. The molecule has 9 nitrogen and oxygen atoms in total. The number of morpholine rings is 1. The lowest BCUT2D eigenvalue weighted by Crippen LogP contribution is -2.39. The van der Waals surface area contributed by atoms with E-state index in [4.69, 9.17) is 4.74 Å². The maximum atomic E-state index is 11.5. The van der Waals surface area contributed by atoms with Crippen LogP contribution >= 0.6 is 0 Å². The summed E-state index contributed by atoms with van der Waals surface area (Å²) in [5.74, 6) is 0.668. The molecule has 138 valence electrons. The lowest BCUT2D eigenvalue weighted by Gasteiger charge is -2.26. The molecule has 9 heteroatoms. The summed E-state index contributed by atoms with van der Waals surface area (Å²) in [5.41, 5.74) is 1.28. The number of hydrogen-bond donors (Lipinski definition) is 2. The highest BCUT2D eigenvalue weighted by molar-refractivity contribution is 5.89. The van der Waals surface area contributed by atoms with Crippen molar-refractivity contribution in [3.8, 4) is 0 Å². The predicted molar refractivity (Wildman–Crippen MR) is 96.6 cm³/mol. The van der Waals surface area contributed by atoms with Crippen molar-refractivity contribution >= 4 is 23.4 Å². The summed E-state index contributed by atoms with van der Waals surface area (Å²) in [5, 5.41) is 14.3. The van der Waals surface area contributed by atoms with Crippen molar-refractivity contribution in [2.24, 2.45) is 0 Å². The van der Waals surface area contributed by atoms with Gasteiger partial charge in [-0.15, -0.1) is 5.10 Å². The molecule has 26 heavy (non-hydrogen) atoms. The summed E-state index contributed by atoms with van der Waals surface area (Å²) in [6.45, 7) is 5.10. The first kappa shape index (κ1) is 18.0. The Balaban J connectivity index is 1.52. The van der Waals surface area contributed by atoms with E-state index in [1.165, 1.54) is 7.11 Å². The average Bonchev–Trinajstić information content (AvgIpc) is 2.69. The van der Waals surface area contributed by atoms with E-state index in [9.17, 15) is 4.79 Å². The Morgan fingerprint density at radius 2 is 2.04 bits per heavy atom. The van der Waals surface area contributed by atoms with Crippen LogP contribution in [-0.2, 0) is 9.47 Å². The minimum atomic E-state index is -0.369. The summed E-state index contributed by atoms with van der Waals surface area (Å²) in [7, 11) is 1.36. The van der Waals surface area contributed by atoms with Crippen molar-refractivity contribution < 1.29 is 14.3 Å². The first-order valence-corrected chi connectivity index (χ1v) is 8.44. The standard InChI is InChI=1S/C17H22N6O3/c1-25-16(24)13-2-4-14(5-3-13)20-15-12-19-22-17(21-15)18-6-7-23-8-10-26-11-9-23/h2-5,12H,6-11H2,1H3,(H2,18,20,21,22). The number of carbonyl (C=O) groups is 1. The molecule has 1 aliphatic heterocycles. The number of rotatable bonds is 7. The van der Waals surface area contributed by atoms with E-state index < -0.39 is 0 Å². The van der Waals surface area contributed by atoms with Gasteiger partial charge in [-0.3, -0.25) is 4.90 Å². The van der Waals surface area contributed by atoms with Crippen LogP contribution in [0.3, 0.4) is 0 Å². The number of ether oxygens (including phenoxy) is 2. The number of nitrogens with zero attached hydrogens (tertiary/aromatic N) is 4. The topological polar surface area (TPSA) is 102 Å². The smallest absolute Gasteiger partial charge is 0.337 e. The molecule has 0 aliphatic carbocycles. The third kappa shape index (κ3) is 5.11. The van der Waals surface area contributed by atoms with E-state index in [-0.39, 0.29) is 5.97 Å². The van der Waals surface area contributed by atoms with Gasteiger partial charge in [-0.2, -0.15) is 10.1 Å². The monoisotopic (exact) mass is 358 g/mol. The van der Waals surface area contributed by atoms with Crippen LogP contribution < -0.4 is 10.6 Å². The number of hydrogen-bond acceptors (Lipinski definition) is 9. The summed E-state index contributed by atoms with van der Waals surface area (Å²) in [6.07, 6.45) is 1.54. The number of aromatic nitrogens is 3. The van der Waals surface area contributed by atoms with Crippen LogP contribution in [0.1, 0.15) is 10.4 Å². The van der Waals surface area contributed by atoms with E-state index >= 15 is 0 Å². The fraction of sp³-hybridized carbons (Fsp3) is 0.412. The largest absolute Gasteiger partial charge is 0.465 e. The summed E-state index contributed by atoms with van der Waals surface area (Å²) >= 11 is 0. The van der Waals surface area contributed by atoms with Gasteiger partial charge in [-0.1, -0.05) is 0 Å². The molecular weight excluding hydrogens is 336 g/mol. The summed E-state index contributed by atoms with van der Waals surface area (Å²) in [4.78, 5) is 18.2.